The number of ether oxygens (including phenoxy) is 2. The Balaban J connectivity index is 3.63. The Hall–Kier alpha value is -0.350. The highest BCUT2D eigenvalue weighted by Crippen LogP contribution is 2.06. The van der Waals surface area contributed by atoms with Gasteiger partial charge in [-0.3, -0.25) is 0 Å². The van der Waals surface area contributed by atoms with Gasteiger partial charge in [0.2, 0.25) is 0 Å². The number of hydrogen-bond acceptors (Lipinski definition) is 3. The van der Waals surface area contributed by atoms with Crippen LogP contribution >= 0.6 is 15.9 Å². The van der Waals surface area contributed by atoms with Crippen LogP contribution in [0.2, 0.25) is 0 Å². The molecule has 0 aromatic rings. The van der Waals surface area contributed by atoms with Gasteiger partial charge < -0.3 is 9.47 Å². The van der Waals surface area contributed by atoms with E-state index < -0.39 is 6.10 Å². The lowest BCUT2D eigenvalue weighted by atomic mass is 10.2. The van der Waals surface area contributed by atoms with Gasteiger partial charge in [0.25, 0.3) is 0 Å². The maximum Gasteiger partial charge on any atom is 0.335 e. The Morgan fingerprint density at radius 1 is 1.10 bits per heavy atom. The molecule has 0 fully saturated rings. The maximum atomic E-state index is 11.8. The van der Waals surface area contributed by atoms with E-state index in [9.17, 15) is 4.79 Å². The molecule has 0 aliphatic carbocycles. The molecule has 4 heteroatoms. The number of esters is 1. The van der Waals surface area contributed by atoms with Crippen molar-refractivity contribution in [2.75, 3.05) is 18.5 Å². The molecule has 0 saturated carbocycles. The van der Waals surface area contributed by atoms with E-state index in [1.165, 1.54) is 0 Å². The van der Waals surface area contributed by atoms with Gasteiger partial charge in [-0.15, -0.1) is 0 Å². The molecule has 0 aliphatic rings. The van der Waals surface area contributed by atoms with Crippen molar-refractivity contribution < 1.29 is 14.3 Å². The predicted octanol–water partition coefficient (Wildman–Crippen LogP) is 4.64. The third kappa shape index (κ3) is 11.5. The van der Waals surface area contributed by atoms with E-state index in [-0.39, 0.29) is 5.97 Å². The number of hydrogen-bond donors (Lipinski definition) is 0. The molecule has 0 aromatic carbocycles. The van der Waals surface area contributed by atoms with Crippen LogP contribution in [-0.2, 0) is 14.3 Å². The molecule has 0 aromatic heterocycles. The van der Waals surface area contributed by atoms with E-state index in [1.807, 2.05) is 6.92 Å². The third-order valence-electron chi connectivity index (χ3n) is 2.89. The highest BCUT2D eigenvalue weighted by atomic mass is 79.9. The number of alkyl halides is 1. The second-order valence-corrected chi connectivity index (χ2v) is 5.50. The van der Waals surface area contributed by atoms with Crippen LogP contribution in [0.5, 0.6) is 0 Å². The number of carbonyl (C=O) groups excluding carboxylic acids is 1. The Bertz CT molecular complexity index is 254. The van der Waals surface area contributed by atoms with Gasteiger partial charge >= 0.3 is 5.97 Å². The largest absolute Gasteiger partial charge is 0.464 e. The van der Waals surface area contributed by atoms with E-state index in [2.05, 4.69) is 35.0 Å². The fourth-order valence-corrected chi connectivity index (χ4v) is 2.09. The first-order chi connectivity index (χ1) is 9.76. The Labute approximate surface area is 132 Å². The first-order valence-electron chi connectivity index (χ1n) is 7.75. The van der Waals surface area contributed by atoms with Crippen LogP contribution in [0.25, 0.3) is 0 Å². The average molecular weight is 349 g/mol. The second-order valence-electron chi connectivity index (χ2n) is 4.71. The van der Waals surface area contributed by atoms with E-state index in [0.717, 1.165) is 43.9 Å². The van der Waals surface area contributed by atoms with Gasteiger partial charge in [-0.1, -0.05) is 41.9 Å². The monoisotopic (exact) mass is 348 g/mol. The predicted molar refractivity (Wildman–Crippen MR) is 87.3 cm³/mol. The van der Waals surface area contributed by atoms with Gasteiger partial charge in [0.1, 0.15) is 0 Å². The van der Waals surface area contributed by atoms with Crippen molar-refractivity contribution in [1.82, 2.24) is 0 Å². The highest BCUT2D eigenvalue weighted by Gasteiger charge is 2.17. The van der Waals surface area contributed by atoms with Gasteiger partial charge in [-0.25, -0.2) is 4.79 Å². The third-order valence-corrected chi connectivity index (χ3v) is 3.45. The molecular formula is C16H29BrO3. The molecular weight excluding hydrogens is 320 g/mol. The van der Waals surface area contributed by atoms with Crippen LogP contribution in [-0.4, -0.2) is 30.6 Å². The van der Waals surface area contributed by atoms with Crippen molar-refractivity contribution in [3.05, 3.63) is 12.2 Å². The molecule has 0 bridgehead atoms. The Morgan fingerprint density at radius 2 is 1.85 bits per heavy atom. The van der Waals surface area contributed by atoms with Crippen LogP contribution in [0.4, 0.5) is 0 Å². The topological polar surface area (TPSA) is 35.5 Å². The maximum absolute atomic E-state index is 11.8. The van der Waals surface area contributed by atoms with Crippen molar-refractivity contribution in [2.45, 2.75) is 64.9 Å². The van der Waals surface area contributed by atoms with Crippen LogP contribution < -0.4 is 0 Å². The van der Waals surface area contributed by atoms with Gasteiger partial charge in [-0.05, 0) is 44.9 Å². The van der Waals surface area contributed by atoms with E-state index in [0.29, 0.717) is 19.6 Å². The zero-order valence-corrected chi connectivity index (χ0v) is 14.5. The van der Waals surface area contributed by atoms with Crippen LogP contribution in [0.15, 0.2) is 12.2 Å². The molecule has 0 amide bonds. The van der Waals surface area contributed by atoms with Crippen molar-refractivity contribution in [3.8, 4) is 0 Å². The molecule has 0 aliphatic heterocycles. The summed E-state index contributed by atoms with van der Waals surface area (Å²) in [5.74, 6) is -0.215. The number of unbranched alkanes of at least 4 members (excludes halogenated alkanes) is 3. The first-order valence-corrected chi connectivity index (χ1v) is 8.87. The lowest BCUT2D eigenvalue weighted by Gasteiger charge is -2.15. The number of halogens is 1. The summed E-state index contributed by atoms with van der Waals surface area (Å²) in [6.07, 6.45) is 10.9. The molecule has 0 heterocycles. The standard InChI is InChI=1S/C16H29BrO3/c1-3-5-6-7-8-10-13-19-15(4-2)16(18)20-14-11-9-12-17/h5-6,15H,3-4,7-14H2,1-2H3/b6-5-. The van der Waals surface area contributed by atoms with Crippen LogP contribution in [0, 0.1) is 0 Å². The lowest BCUT2D eigenvalue weighted by molar-refractivity contribution is -0.157. The fraction of sp³-hybridized carbons (Fsp3) is 0.812. The molecule has 0 radical (unpaired) electrons. The minimum atomic E-state index is -0.398. The zero-order chi connectivity index (χ0) is 15.1. The van der Waals surface area contributed by atoms with Gasteiger partial charge in [0.15, 0.2) is 6.10 Å². The lowest BCUT2D eigenvalue weighted by Crippen LogP contribution is -2.26. The van der Waals surface area contributed by atoms with E-state index >= 15 is 0 Å². The number of rotatable bonds is 13. The molecule has 0 N–H and O–H groups in total. The summed E-state index contributed by atoms with van der Waals surface area (Å²) in [5, 5.41) is 0.949. The summed E-state index contributed by atoms with van der Waals surface area (Å²) in [5.41, 5.74) is 0. The molecule has 20 heavy (non-hydrogen) atoms. The zero-order valence-electron chi connectivity index (χ0n) is 12.9. The minimum absolute atomic E-state index is 0.215. The first kappa shape index (κ1) is 19.7. The van der Waals surface area contributed by atoms with Gasteiger partial charge in [0.05, 0.1) is 6.61 Å². The van der Waals surface area contributed by atoms with E-state index in [4.69, 9.17) is 9.47 Å². The SMILES string of the molecule is CC/C=C\CCCCOC(CC)C(=O)OCCCCBr. The second kappa shape index (κ2) is 15.0. The molecule has 118 valence electrons. The molecule has 0 saturated heterocycles. The van der Waals surface area contributed by atoms with Crippen molar-refractivity contribution in [1.29, 1.82) is 0 Å². The summed E-state index contributed by atoms with van der Waals surface area (Å²) in [6, 6.07) is 0. The Morgan fingerprint density at radius 3 is 2.50 bits per heavy atom. The van der Waals surface area contributed by atoms with Crippen molar-refractivity contribution in [2.24, 2.45) is 0 Å². The van der Waals surface area contributed by atoms with Gasteiger partial charge in [0, 0.05) is 11.9 Å². The quantitative estimate of drug-likeness (QED) is 0.210. The molecule has 3 nitrogen and oxygen atoms in total. The van der Waals surface area contributed by atoms with Crippen molar-refractivity contribution in [3.63, 3.8) is 0 Å². The minimum Gasteiger partial charge on any atom is -0.464 e. The molecule has 0 rings (SSSR count). The average Bonchev–Trinajstić information content (AvgIpc) is 2.46. The normalized spacial score (nSPS) is 12.8. The summed E-state index contributed by atoms with van der Waals surface area (Å²) < 4.78 is 10.8. The highest BCUT2D eigenvalue weighted by molar-refractivity contribution is 9.09. The van der Waals surface area contributed by atoms with Crippen LogP contribution in [0.3, 0.4) is 0 Å². The Kier molecular flexibility index (Phi) is 14.8. The summed E-state index contributed by atoms with van der Waals surface area (Å²) in [4.78, 5) is 11.8. The van der Waals surface area contributed by atoms with Crippen LogP contribution in [0.1, 0.15) is 58.8 Å². The summed E-state index contributed by atoms with van der Waals surface area (Å²) in [6.45, 7) is 5.21. The van der Waals surface area contributed by atoms with Gasteiger partial charge in [-0.2, -0.15) is 0 Å². The smallest absolute Gasteiger partial charge is 0.335 e. The molecule has 1 atom stereocenters. The van der Waals surface area contributed by atoms with Crippen molar-refractivity contribution >= 4 is 21.9 Å². The number of allylic oxidation sites excluding steroid dienone is 2. The van der Waals surface area contributed by atoms with E-state index in [1.54, 1.807) is 0 Å². The summed E-state index contributed by atoms with van der Waals surface area (Å²) >= 11 is 3.35. The fourth-order valence-electron chi connectivity index (χ4n) is 1.69. The number of carbonyl (C=O) groups is 1. The molecule has 1 unspecified atom stereocenters. The summed E-state index contributed by atoms with van der Waals surface area (Å²) in [7, 11) is 0. The molecule has 0 spiro atoms.